The second-order valence-corrected chi connectivity index (χ2v) is 6.06. The molecule has 0 saturated carbocycles. The van der Waals surface area contributed by atoms with Crippen LogP contribution in [0.3, 0.4) is 0 Å². The predicted molar refractivity (Wildman–Crippen MR) is 101 cm³/mol. The zero-order chi connectivity index (χ0) is 17.1. The third-order valence-corrected chi connectivity index (χ3v) is 4.38. The average molecular weight is 323 g/mol. The fraction of sp³-hybridized carbons (Fsp3) is 0.0870. The van der Waals surface area contributed by atoms with Gasteiger partial charge in [0.1, 0.15) is 6.54 Å². The van der Waals surface area contributed by atoms with Gasteiger partial charge in [0.25, 0.3) is 0 Å². The number of fused-ring (bicyclic) bond motifs is 1. The summed E-state index contributed by atoms with van der Waals surface area (Å²) in [4.78, 5) is 0. The van der Waals surface area contributed by atoms with Gasteiger partial charge >= 0.3 is 5.82 Å². The minimum atomic E-state index is 0.807. The topological polar surface area (TPSA) is 8.81 Å². The Morgan fingerprint density at radius 1 is 0.760 bits per heavy atom. The van der Waals surface area contributed by atoms with Gasteiger partial charge in [-0.3, -0.25) is 0 Å². The molecule has 4 rings (SSSR count). The first kappa shape index (κ1) is 15.2. The summed E-state index contributed by atoms with van der Waals surface area (Å²) >= 11 is 0. The zero-order valence-electron chi connectivity index (χ0n) is 14.2. The molecule has 1 aromatic heterocycles. The molecule has 2 heteroatoms. The van der Waals surface area contributed by atoms with Gasteiger partial charge in [-0.2, -0.15) is 0 Å². The van der Waals surface area contributed by atoms with Crippen LogP contribution in [0.15, 0.2) is 84.9 Å². The molecule has 0 aliphatic rings. The summed E-state index contributed by atoms with van der Waals surface area (Å²) in [5, 5.41) is 0. The first-order valence-electron chi connectivity index (χ1n) is 8.41. The summed E-state index contributed by atoms with van der Waals surface area (Å²) in [7, 11) is 2.08. The number of aromatic nitrogens is 2. The van der Waals surface area contributed by atoms with Crippen molar-refractivity contribution in [2.45, 2.75) is 6.54 Å². The lowest BCUT2D eigenvalue weighted by molar-refractivity contribution is -0.648. The number of rotatable bonds is 2. The van der Waals surface area contributed by atoms with Crippen LogP contribution in [0.2, 0.25) is 0 Å². The van der Waals surface area contributed by atoms with Crippen molar-refractivity contribution in [2.75, 3.05) is 0 Å². The van der Waals surface area contributed by atoms with Crippen LogP contribution in [0.25, 0.3) is 11.0 Å². The van der Waals surface area contributed by atoms with E-state index < -0.39 is 0 Å². The van der Waals surface area contributed by atoms with E-state index in [2.05, 4.69) is 76.6 Å². The van der Waals surface area contributed by atoms with Crippen molar-refractivity contribution in [1.29, 1.82) is 0 Å². The van der Waals surface area contributed by atoms with Crippen molar-refractivity contribution in [2.24, 2.45) is 7.05 Å². The Morgan fingerprint density at radius 3 is 2.16 bits per heavy atom. The monoisotopic (exact) mass is 323 g/mol. The molecule has 120 valence electrons. The van der Waals surface area contributed by atoms with E-state index in [1.54, 1.807) is 0 Å². The Bertz CT molecular complexity index is 1060. The lowest BCUT2D eigenvalue weighted by Gasteiger charge is -2.00. The van der Waals surface area contributed by atoms with Gasteiger partial charge in [0.05, 0.1) is 7.05 Å². The molecule has 0 N–H and O–H groups in total. The molecule has 0 unspecified atom stereocenters. The van der Waals surface area contributed by atoms with Gasteiger partial charge in [-0.1, -0.05) is 66.6 Å². The number of hydrogen-bond donors (Lipinski definition) is 0. The van der Waals surface area contributed by atoms with Crippen LogP contribution in [0, 0.1) is 11.8 Å². The lowest BCUT2D eigenvalue weighted by Crippen LogP contribution is -2.31. The van der Waals surface area contributed by atoms with Gasteiger partial charge in [0, 0.05) is 11.5 Å². The van der Waals surface area contributed by atoms with E-state index >= 15 is 0 Å². The van der Waals surface area contributed by atoms with Crippen molar-refractivity contribution in [1.82, 2.24) is 4.57 Å². The van der Waals surface area contributed by atoms with Crippen LogP contribution < -0.4 is 4.57 Å². The standard InChI is InChI=1S/C23H19N2/c1-24-21-14-8-9-15-22(21)25(18-20-12-6-3-7-13-20)23(24)17-16-19-10-4-2-5-11-19/h2-15H,18H2,1H3/q+1. The maximum Gasteiger partial charge on any atom is 0.336 e. The number of benzene rings is 3. The minimum absolute atomic E-state index is 0.807. The SMILES string of the molecule is C[n+]1c(C#Cc2ccccc2)n(Cc2ccccc2)c2ccccc21. The molecule has 0 atom stereocenters. The summed E-state index contributed by atoms with van der Waals surface area (Å²) in [6, 6.07) is 29.1. The Kier molecular flexibility index (Phi) is 4.06. The highest BCUT2D eigenvalue weighted by Crippen LogP contribution is 2.16. The molecular formula is C23H19N2+. The maximum absolute atomic E-state index is 3.38. The van der Waals surface area contributed by atoms with E-state index in [1.807, 2.05) is 36.4 Å². The van der Waals surface area contributed by atoms with Crippen molar-refractivity contribution in [3.05, 3.63) is 102 Å². The summed E-state index contributed by atoms with van der Waals surface area (Å²) in [5.74, 6) is 7.69. The van der Waals surface area contributed by atoms with Gasteiger partial charge in [0.15, 0.2) is 11.0 Å². The molecule has 0 fully saturated rings. The maximum atomic E-state index is 3.38. The highest BCUT2D eigenvalue weighted by molar-refractivity contribution is 5.73. The number of nitrogens with zero attached hydrogens (tertiary/aromatic N) is 2. The van der Waals surface area contributed by atoms with Gasteiger partial charge in [-0.05, 0) is 29.8 Å². The Balaban J connectivity index is 1.86. The van der Waals surface area contributed by atoms with Crippen molar-refractivity contribution >= 4 is 11.0 Å². The predicted octanol–water partition coefficient (Wildman–Crippen LogP) is 3.91. The lowest BCUT2D eigenvalue weighted by atomic mass is 10.2. The number of aryl methyl sites for hydroxylation is 1. The zero-order valence-corrected chi connectivity index (χ0v) is 14.2. The average Bonchev–Trinajstić information content (AvgIpc) is 2.94. The normalized spacial score (nSPS) is 10.4. The van der Waals surface area contributed by atoms with E-state index in [4.69, 9.17) is 0 Å². The summed E-state index contributed by atoms with van der Waals surface area (Å²) in [5.41, 5.74) is 4.69. The van der Waals surface area contributed by atoms with Gasteiger partial charge in [-0.15, -0.1) is 0 Å². The minimum Gasteiger partial charge on any atom is -0.218 e. The third kappa shape index (κ3) is 3.05. The number of hydrogen-bond acceptors (Lipinski definition) is 0. The van der Waals surface area contributed by atoms with E-state index in [-0.39, 0.29) is 0 Å². The molecule has 4 aromatic rings. The van der Waals surface area contributed by atoms with Gasteiger partial charge in [0.2, 0.25) is 0 Å². The van der Waals surface area contributed by atoms with Crippen LogP contribution in [0.4, 0.5) is 0 Å². The quantitative estimate of drug-likeness (QED) is 0.391. The van der Waals surface area contributed by atoms with Gasteiger partial charge in [-0.25, -0.2) is 9.13 Å². The van der Waals surface area contributed by atoms with Crippen LogP contribution in [0.5, 0.6) is 0 Å². The Morgan fingerprint density at radius 2 is 1.40 bits per heavy atom. The molecule has 25 heavy (non-hydrogen) atoms. The Labute approximate surface area is 148 Å². The second-order valence-electron chi connectivity index (χ2n) is 6.06. The summed E-state index contributed by atoms with van der Waals surface area (Å²) < 4.78 is 4.47. The second kappa shape index (κ2) is 6.67. The van der Waals surface area contributed by atoms with Crippen LogP contribution in [-0.4, -0.2) is 4.57 Å². The molecule has 0 saturated heterocycles. The van der Waals surface area contributed by atoms with Crippen LogP contribution in [-0.2, 0) is 13.6 Å². The molecule has 0 aliphatic carbocycles. The summed E-state index contributed by atoms with van der Waals surface area (Å²) in [6.07, 6.45) is 0. The van der Waals surface area contributed by atoms with E-state index in [9.17, 15) is 0 Å². The number of imidazole rings is 1. The smallest absolute Gasteiger partial charge is 0.218 e. The van der Waals surface area contributed by atoms with Crippen molar-refractivity contribution in [3.63, 3.8) is 0 Å². The first-order valence-corrected chi connectivity index (χ1v) is 8.41. The van der Waals surface area contributed by atoms with E-state index in [1.165, 1.54) is 16.6 Å². The van der Waals surface area contributed by atoms with E-state index in [0.717, 1.165) is 17.9 Å². The van der Waals surface area contributed by atoms with Crippen LogP contribution in [0.1, 0.15) is 17.0 Å². The molecule has 0 aliphatic heterocycles. The van der Waals surface area contributed by atoms with Gasteiger partial charge < -0.3 is 0 Å². The van der Waals surface area contributed by atoms with Crippen molar-refractivity contribution < 1.29 is 4.57 Å². The number of para-hydroxylation sites is 2. The first-order chi connectivity index (χ1) is 12.3. The molecule has 3 aromatic carbocycles. The Hall–Kier alpha value is -3.31. The molecule has 0 spiro atoms. The summed E-state index contributed by atoms with van der Waals surface area (Å²) in [6.45, 7) is 0.807. The fourth-order valence-electron chi connectivity index (χ4n) is 3.11. The van der Waals surface area contributed by atoms with Crippen LogP contribution >= 0.6 is 0 Å². The molecule has 0 radical (unpaired) electrons. The molecule has 0 amide bonds. The molecule has 2 nitrogen and oxygen atoms in total. The molecule has 0 bridgehead atoms. The largest absolute Gasteiger partial charge is 0.336 e. The van der Waals surface area contributed by atoms with E-state index in [0.29, 0.717) is 0 Å². The fourth-order valence-corrected chi connectivity index (χ4v) is 3.11. The van der Waals surface area contributed by atoms with Crippen molar-refractivity contribution in [3.8, 4) is 11.8 Å². The highest BCUT2D eigenvalue weighted by Gasteiger charge is 2.20. The highest BCUT2D eigenvalue weighted by atomic mass is 15.1. The molecular weight excluding hydrogens is 304 g/mol. The molecule has 1 heterocycles. The third-order valence-electron chi connectivity index (χ3n) is 4.38.